The van der Waals surface area contributed by atoms with Crippen molar-refractivity contribution in [3.8, 4) is 5.75 Å². The summed E-state index contributed by atoms with van der Waals surface area (Å²) in [5.74, 6) is 1.73. The van der Waals surface area contributed by atoms with E-state index in [4.69, 9.17) is 4.74 Å². The van der Waals surface area contributed by atoms with Gasteiger partial charge in [0.05, 0.1) is 13.7 Å². The van der Waals surface area contributed by atoms with Gasteiger partial charge in [-0.15, -0.1) is 0 Å². The number of para-hydroxylation sites is 1. The molecule has 2 rings (SSSR count). The third kappa shape index (κ3) is 3.15. The van der Waals surface area contributed by atoms with Crippen LogP contribution in [0.15, 0.2) is 36.7 Å². The number of benzene rings is 1. The van der Waals surface area contributed by atoms with E-state index in [9.17, 15) is 5.11 Å². The molecule has 0 fully saturated rings. The molecule has 1 atom stereocenters. The molecule has 1 aromatic carbocycles. The highest BCUT2D eigenvalue weighted by atomic mass is 16.5. The number of aliphatic hydroxyl groups excluding tert-OH is 1. The second kappa shape index (κ2) is 6.38. The second-order valence-corrected chi connectivity index (χ2v) is 4.50. The van der Waals surface area contributed by atoms with Crippen molar-refractivity contribution in [1.29, 1.82) is 0 Å². The highest BCUT2D eigenvalue weighted by molar-refractivity contribution is 5.34. The summed E-state index contributed by atoms with van der Waals surface area (Å²) in [7, 11) is 1.62. The standard InChI is InChI=1S/C15H20N2O2/c1-3-6-15-16-9-10-17(15)11-13(18)12-7-4-5-8-14(12)19-2/h4-5,7-10,13,18H,3,6,11H2,1-2H3. The molecule has 0 aliphatic heterocycles. The minimum absolute atomic E-state index is 0.496. The first-order chi connectivity index (χ1) is 9.26. The number of aliphatic hydroxyl groups is 1. The van der Waals surface area contributed by atoms with Crippen molar-refractivity contribution < 1.29 is 9.84 Å². The summed E-state index contributed by atoms with van der Waals surface area (Å²) < 4.78 is 7.28. The summed E-state index contributed by atoms with van der Waals surface area (Å²) in [6.07, 6.45) is 5.05. The minimum Gasteiger partial charge on any atom is -0.496 e. The third-order valence-electron chi connectivity index (χ3n) is 3.14. The summed E-state index contributed by atoms with van der Waals surface area (Å²) in [6, 6.07) is 7.55. The molecular weight excluding hydrogens is 240 g/mol. The molecule has 0 saturated carbocycles. The SMILES string of the molecule is CCCc1nccn1CC(O)c1ccccc1OC. The van der Waals surface area contributed by atoms with Crippen LogP contribution in [0.25, 0.3) is 0 Å². The molecule has 0 amide bonds. The topological polar surface area (TPSA) is 47.3 Å². The van der Waals surface area contributed by atoms with Crippen molar-refractivity contribution in [3.63, 3.8) is 0 Å². The van der Waals surface area contributed by atoms with Gasteiger partial charge in [-0.2, -0.15) is 0 Å². The Bertz CT molecular complexity index is 522. The van der Waals surface area contributed by atoms with Gasteiger partial charge < -0.3 is 14.4 Å². The molecule has 2 aromatic rings. The van der Waals surface area contributed by atoms with Crippen LogP contribution >= 0.6 is 0 Å². The average Bonchev–Trinajstić information content (AvgIpc) is 2.86. The van der Waals surface area contributed by atoms with Crippen LogP contribution in [0.3, 0.4) is 0 Å². The number of rotatable bonds is 6. The van der Waals surface area contributed by atoms with E-state index in [1.165, 1.54) is 0 Å². The fourth-order valence-electron chi connectivity index (χ4n) is 2.18. The second-order valence-electron chi connectivity index (χ2n) is 4.50. The molecule has 0 radical (unpaired) electrons. The van der Waals surface area contributed by atoms with Crippen molar-refractivity contribution in [2.75, 3.05) is 7.11 Å². The third-order valence-corrected chi connectivity index (χ3v) is 3.14. The van der Waals surface area contributed by atoms with Gasteiger partial charge in [0.1, 0.15) is 17.7 Å². The van der Waals surface area contributed by atoms with Crippen LogP contribution in [0.4, 0.5) is 0 Å². The Balaban J connectivity index is 2.16. The fourth-order valence-corrected chi connectivity index (χ4v) is 2.18. The number of hydrogen-bond donors (Lipinski definition) is 1. The lowest BCUT2D eigenvalue weighted by atomic mass is 10.1. The number of methoxy groups -OCH3 is 1. The molecule has 1 N–H and O–H groups in total. The summed E-state index contributed by atoms with van der Waals surface area (Å²) in [6.45, 7) is 2.62. The molecule has 0 spiro atoms. The summed E-state index contributed by atoms with van der Waals surface area (Å²) in [4.78, 5) is 4.32. The Morgan fingerprint density at radius 2 is 2.16 bits per heavy atom. The first kappa shape index (κ1) is 13.6. The maximum atomic E-state index is 10.4. The molecule has 0 aliphatic rings. The number of nitrogens with zero attached hydrogens (tertiary/aromatic N) is 2. The van der Waals surface area contributed by atoms with E-state index in [-0.39, 0.29) is 0 Å². The van der Waals surface area contributed by atoms with Crippen LogP contribution in [0.1, 0.15) is 30.8 Å². The Labute approximate surface area is 113 Å². The molecule has 0 saturated heterocycles. The van der Waals surface area contributed by atoms with E-state index < -0.39 is 6.10 Å². The van der Waals surface area contributed by atoms with Gasteiger partial charge in [0.25, 0.3) is 0 Å². The smallest absolute Gasteiger partial charge is 0.124 e. The van der Waals surface area contributed by atoms with Crippen LogP contribution in [0.5, 0.6) is 5.75 Å². The molecule has 19 heavy (non-hydrogen) atoms. The molecule has 1 unspecified atom stereocenters. The van der Waals surface area contributed by atoms with E-state index in [1.807, 2.05) is 35.0 Å². The molecule has 1 aromatic heterocycles. The Hall–Kier alpha value is -1.81. The van der Waals surface area contributed by atoms with Gasteiger partial charge >= 0.3 is 0 Å². The predicted octanol–water partition coefficient (Wildman–Crippen LogP) is 2.58. The van der Waals surface area contributed by atoms with E-state index in [0.717, 1.165) is 24.2 Å². The molecule has 0 bridgehead atoms. The van der Waals surface area contributed by atoms with E-state index in [2.05, 4.69) is 11.9 Å². The van der Waals surface area contributed by atoms with E-state index >= 15 is 0 Å². The monoisotopic (exact) mass is 260 g/mol. The van der Waals surface area contributed by atoms with Crippen LogP contribution in [0, 0.1) is 0 Å². The Kier molecular flexibility index (Phi) is 4.58. The average molecular weight is 260 g/mol. The number of hydrogen-bond acceptors (Lipinski definition) is 3. The maximum Gasteiger partial charge on any atom is 0.124 e. The van der Waals surface area contributed by atoms with E-state index in [0.29, 0.717) is 12.3 Å². The number of aromatic nitrogens is 2. The lowest BCUT2D eigenvalue weighted by molar-refractivity contribution is 0.151. The largest absolute Gasteiger partial charge is 0.496 e. The lowest BCUT2D eigenvalue weighted by Crippen LogP contribution is -2.11. The highest BCUT2D eigenvalue weighted by Gasteiger charge is 2.14. The van der Waals surface area contributed by atoms with Gasteiger partial charge in [-0.25, -0.2) is 4.98 Å². The Morgan fingerprint density at radius 1 is 1.37 bits per heavy atom. The quantitative estimate of drug-likeness (QED) is 0.868. The zero-order chi connectivity index (χ0) is 13.7. The van der Waals surface area contributed by atoms with Crippen molar-refractivity contribution >= 4 is 0 Å². The predicted molar refractivity (Wildman–Crippen MR) is 74.2 cm³/mol. The number of aryl methyl sites for hydroxylation is 1. The van der Waals surface area contributed by atoms with Crippen LogP contribution < -0.4 is 4.74 Å². The zero-order valence-electron chi connectivity index (χ0n) is 11.4. The number of imidazole rings is 1. The molecule has 4 nitrogen and oxygen atoms in total. The Morgan fingerprint density at radius 3 is 2.89 bits per heavy atom. The summed E-state index contributed by atoms with van der Waals surface area (Å²) in [5, 5.41) is 10.4. The minimum atomic E-state index is -0.596. The van der Waals surface area contributed by atoms with Crippen molar-refractivity contribution in [2.45, 2.75) is 32.4 Å². The molecule has 1 heterocycles. The van der Waals surface area contributed by atoms with Gasteiger partial charge in [-0.1, -0.05) is 25.1 Å². The summed E-state index contributed by atoms with van der Waals surface area (Å²) >= 11 is 0. The zero-order valence-corrected chi connectivity index (χ0v) is 11.4. The molecule has 0 aliphatic carbocycles. The van der Waals surface area contributed by atoms with Gasteiger partial charge in [-0.3, -0.25) is 0 Å². The number of ether oxygens (including phenoxy) is 1. The van der Waals surface area contributed by atoms with Gasteiger partial charge in [0.15, 0.2) is 0 Å². The van der Waals surface area contributed by atoms with Crippen molar-refractivity contribution in [3.05, 3.63) is 48.0 Å². The van der Waals surface area contributed by atoms with Crippen LogP contribution in [-0.2, 0) is 13.0 Å². The van der Waals surface area contributed by atoms with Gasteiger partial charge in [0, 0.05) is 24.4 Å². The van der Waals surface area contributed by atoms with Gasteiger partial charge in [0.2, 0.25) is 0 Å². The van der Waals surface area contributed by atoms with Crippen LogP contribution in [0.2, 0.25) is 0 Å². The first-order valence-corrected chi connectivity index (χ1v) is 6.57. The van der Waals surface area contributed by atoms with Crippen molar-refractivity contribution in [2.24, 2.45) is 0 Å². The first-order valence-electron chi connectivity index (χ1n) is 6.57. The van der Waals surface area contributed by atoms with Crippen molar-refractivity contribution in [1.82, 2.24) is 9.55 Å². The molecular formula is C15H20N2O2. The molecule has 4 heteroatoms. The highest BCUT2D eigenvalue weighted by Crippen LogP contribution is 2.26. The van der Waals surface area contributed by atoms with Gasteiger partial charge in [-0.05, 0) is 12.5 Å². The summed E-state index contributed by atoms with van der Waals surface area (Å²) in [5.41, 5.74) is 0.807. The molecule has 102 valence electrons. The normalized spacial score (nSPS) is 12.4. The van der Waals surface area contributed by atoms with Crippen LogP contribution in [-0.4, -0.2) is 21.8 Å². The maximum absolute atomic E-state index is 10.4. The van der Waals surface area contributed by atoms with E-state index in [1.54, 1.807) is 13.3 Å². The fraction of sp³-hybridized carbons (Fsp3) is 0.400. The lowest BCUT2D eigenvalue weighted by Gasteiger charge is -2.16.